The summed E-state index contributed by atoms with van der Waals surface area (Å²) in [5, 5.41) is 8.18. The second-order valence-corrected chi connectivity index (χ2v) is 8.56. The fraction of sp³-hybridized carbons (Fsp3) is 0.280. The van der Waals surface area contributed by atoms with Crippen LogP contribution in [0.3, 0.4) is 0 Å². The quantitative estimate of drug-likeness (QED) is 0.699. The molecule has 2 amide bonds. The molecule has 2 fully saturated rings. The number of fused-ring (bicyclic) bond motifs is 4. The van der Waals surface area contributed by atoms with Crippen LogP contribution in [-0.4, -0.2) is 30.1 Å². The van der Waals surface area contributed by atoms with Crippen molar-refractivity contribution in [1.29, 1.82) is 0 Å². The second kappa shape index (κ2) is 6.67. The van der Waals surface area contributed by atoms with Gasteiger partial charge in [-0.15, -0.1) is 0 Å². The van der Waals surface area contributed by atoms with Crippen LogP contribution in [0.1, 0.15) is 35.2 Å². The standard InChI is InChI=1S/C25H22N2O3/c28-24-12-18-5-3-17(11-21(18)26-24)15-1-2-16-10-19(6-4-14(16)9-15)25(29)27-22-13-20-7-8-23(22)30-20/h1-6,9-11,20,22-23H,7-8,12-13H2,(H,26,28)(H,27,29)/t20-,22+,23+/m0/s1. The smallest absolute Gasteiger partial charge is 0.251 e. The summed E-state index contributed by atoms with van der Waals surface area (Å²) in [5.41, 5.74) is 4.77. The molecule has 0 aromatic heterocycles. The summed E-state index contributed by atoms with van der Waals surface area (Å²) < 4.78 is 5.84. The minimum atomic E-state index is -0.0310. The molecule has 5 nitrogen and oxygen atoms in total. The molecule has 3 atom stereocenters. The first-order chi connectivity index (χ1) is 14.6. The number of hydrogen-bond donors (Lipinski definition) is 2. The molecule has 6 rings (SSSR count). The van der Waals surface area contributed by atoms with E-state index in [4.69, 9.17) is 4.74 Å². The molecule has 0 unspecified atom stereocenters. The van der Waals surface area contributed by atoms with Crippen LogP contribution in [0.25, 0.3) is 21.9 Å². The lowest BCUT2D eigenvalue weighted by atomic mass is 9.95. The zero-order valence-electron chi connectivity index (χ0n) is 16.5. The third kappa shape index (κ3) is 2.97. The Hall–Kier alpha value is -3.18. The van der Waals surface area contributed by atoms with Gasteiger partial charge in [0.25, 0.3) is 5.91 Å². The van der Waals surface area contributed by atoms with E-state index in [-0.39, 0.29) is 24.0 Å². The average Bonchev–Trinajstić information content (AvgIpc) is 3.47. The fourth-order valence-electron chi connectivity index (χ4n) is 5.00. The van der Waals surface area contributed by atoms with Gasteiger partial charge in [-0.25, -0.2) is 0 Å². The summed E-state index contributed by atoms with van der Waals surface area (Å²) in [6.45, 7) is 0. The van der Waals surface area contributed by atoms with Gasteiger partial charge in [-0.3, -0.25) is 9.59 Å². The number of carbonyl (C=O) groups is 2. The van der Waals surface area contributed by atoms with Gasteiger partial charge in [0.1, 0.15) is 0 Å². The summed E-state index contributed by atoms with van der Waals surface area (Å²) >= 11 is 0. The second-order valence-electron chi connectivity index (χ2n) is 8.56. The Bertz CT molecular complexity index is 1200. The summed E-state index contributed by atoms with van der Waals surface area (Å²) in [4.78, 5) is 24.3. The molecule has 0 saturated carbocycles. The number of benzene rings is 3. The number of hydrogen-bond acceptors (Lipinski definition) is 3. The molecule has 3 aliphatic rings. The summed E-state index contributed by atoms with van der Waals surface area (Å²) in [5.74, 6) is 0.0138. The van der Waals surface area contributed by atoms with Gasteiger partial charge >= 0.3 is 0 Å². The van der Waals surface area contributed by atoms with Crippen LogP contribution in [0.15, 0.2) is 54.6 Å². The first-order valence-corrected chi connectivity index (χ1v) is 10.6. The van der Waals surface area contributed by atoms with Crippen molar-refractivity contribution in [2.24, 2.45) is 0 Å². The molecule has 2 bridgehead atoms. The van der Waals surface area contributed by atoms with Crippen LogP contribution in [0.4, 0.5) is 5.69 Å². The van der Waals surface area contributed by atoms with E-state index in [1.54, 1.807) is 0 Å². The molecule has 30 heavy (non-hydrogen) atoms. The van der Waals surface area contributed by atoms with Gasteiger partial charge in [0.15, 0.2) is 0 Å². The van der Waals surface area contributed by atoms with E-state index >= 15 is 0 Å². The van der Waals surface area contributed by atoms with Crippen LogP contribution in [0, 0.1) is 0 Å². The Morgan fingerprint density at radius 2 is 1.77 bits per heavy atom. The van der Waals surface area contributed by atoms with Crippen molar-refractivity contribution in [1.82, 2.24) is 5.32 Å². The predicted octanol–water partition coefficient (Wildman–Crippen LogP) is 4.05. The molecule has 0 spiro atoms. The summed E-state index contributed by atoms with van der Waals surface area (Å²) in [6.07, 6.45) is 4.04. The van der Waals surface area contributed by atoms with E-state index in [1.165, 1.54) is 0 Å². The number of carbonyl (C=O) groups excluding carboxylic acids is 2. The lowest BCUT2D eigenvalue weighted by Gasteiger charge is -2.20. The molecule has 0 aliphatic carbocycles. The summed E-state index contributed by atoms with van der Waals surface area (Å²) in [6, 6.07) is 18.3. The normalized spacial score (nSPS) is 24.1. The number of nitrogens with one attached hydrogen (secondary N) is 2. The number of amides is 2. The molecule has 0 radical (unpaired) electrons. The van der Waals surface area contributed by atoms with Gasteiger partial charge in [0.05, 0.1) is 24.7 Å². The largest absolute Gasteiger partial charge is 0.373 e. The highest BCUT2D eigenvalue weighted by atomic mass is 16.5. The van der Waals surface area contributed by atoms with E-state index in [0.717, 1.165) is 52.4 Å². The van der Waals surface area contributed by atoms with Crippen molar-refractivity contribution < 1.29 is 14.3 Å². The Labute approximate surface area is 174 Å². The van der Waals surface area contributed by atoms with Crippen molar-refractivity contribution in [3.63, 3.8) is 0 Å². The molecule has 150 valence electrons. The third-order valence-electron chi connectivity index (χ3n) is 6.59. The van der Waals surface area contributed by atoms with Gasteiger partial charge in [-0.1, -0.05) is 30.3 Å². The number of anilines is 1. The van der Waals surface area contributed by atoms with Crippen molar-refractivity contribution in [2.45, 2.75) is 43.9 Å². The van der Waals surface area contributed by atoms with Gasteiger partial charge in [0, 0.05) is 11.3 Å². The van der Waals surface area contributed by atoms with Crippen LogP contribution >= 0.6 is 0 Å². The molecule has 3 aromatic rings. The van der Waals surface area contributed by atoms with E-state index in [0.29, 0.717) is 18.1 Å². The Balaban J connectivity index is 1.25. The zero-order chi connectivity index (χ0) is 20.2. The molecule has 2 N–H and O–H groups in total. The fourth-order valence-corrected chi connectivity index (χ4v) is 5.00. The zero-order valence-corrected chi connectivity index (χ0v) is 16.5. The summed E-state index contributed by atoms with van der Waals surface area (Å²) in [7, 11) is 0. The van der Waals surface area contributed by atoms with Crippen LogP contribution in [0.2, 0.25) is 0 Å². The molecule has 2 saturated heterocycles. The Kier molecular flexibility index (Phi) is 3.93. The monoisotopic (exact) mass is 398 g/mol. The van der Waals surface area contributed by atoms with E-state index in [1.807, 2.05) is 36.4 Å². The van der Waals surface area contributed by atoms with Gasteiger partial charge in [-0.2, -0.15) is 0 Å². The maximum Gasteiger partial charge on any atom is 0.251 e. The highest BCUT2D eigenvalue weighted by Crippen LogP contribution is 2.35. The third-order valence-corrected chi connectivity index (χ3v) is 6.59. The van der Waals surface area contributed by atoms with Gasteiger partial charge in [0.2, 0.25) is 5.91 Å². The van der Waals surface area contributed by atoms with Crippen LogP contribution in [-0.2, 0) is 16.0 Å². The minimum Gasteiger partial charge on any atom is -0.373 e. The Morgan fingerprint density at radius 3 is 2.60 bits per heavy atom. The molecule has 3 aliphatic heterocycles. The van der Waals surface area contributed by atoms with Gasteiger partial charge in [-0.05, 0) is 71.0 Å². The van der Waals surface area contributed by atoms with Crippen molar-refractivity contribution >= 4 is 28.3 Å². The first kappa shape index (κ1) is 17.7. The SMILES string of the molecule is O=C1Cc2ccc(-c3ccc4cc(C(=O)N[C@@H]5C[C@@H]6CC[C@H]5O6)ccc4c3)cc2N1. The predicted molar refractivity (Wildman–Crippen MR) is 115 cm³/mol. The van der Waals surface area contributed by atoms with E-state index in [9.17, 15) is 9.59 Å². The highest BCUT2D eigenvalue weighted by molar-refractivity contribution is 6.01. The maximum atomic E-state index is 12.7. The molecule has 3 heterocycles. The number of rotatable bonds is 3. The van der Waals surface area contributed by atoms with Gasteiger partial charge < -0.3 is 15.4 Å². The molecule has 5 heteroatoms. The topological polar surface area (TPSA) is 67.4 Å². The Morgan fingerprint density at radius 1 is 0.967 bits per heavy atom. The minimum absolute atomic E-state index is 0.0310. The molecular formula is C25H22N2O3. The van der Waals surface area contributed by atoms with E-state index < -0.39 is 0 Å². The first-order valence-electron chi connectivity index (χ1n) is 10.6. The van der Waals surface area contributed by atoms with E-state index in [2.05, 4.69) is 28.8 Å². The lowest BCUT2D eigenvalue weighted by Crippen LogP contribution is -2.41. The average molecular weight is 398 g/mol. The number of ether oxygens (including phenoxy) is 1. The van der Waals surface area contributed by atoms with Crippen LogP contribution < -0.4 is 10.6 Å². The highest BCUT2D eigenvalue weighted by Gasteiger charge is 2.41. The van der Waals surface area contributed by atoms with Crippen molar-refractivity contribution in [2.75, 3.05) is 5.32 Å². The molecule has 3 aromatic carbocycles. The molecular weight excluding hydrogens is 376 g/mol. The lowest BCUT2D eigenvalue weighted by molar-refractivity contribution is -0.115. The van der Waals surface area contributed by atoms with Crippen LogP contribution in [0.5, 0.6) is 0 Å². The van der Waals surface area contributed by atoms with Crippen molar-refractivity contribution in [3.8, 4) is 11.1 Å². The van der Waals surface area contributed by atoms with Crippen molar-refractivity contribution in [3.05, 3.63) is 65.7 Å². The maximum absolute atomic E-state index is 12.7.